The van der Waals surface area contributed by atoms with E-state index in [-0.39, 0.29) is 11.1 Å². The zero-order valence-corrected chi connectivity index (χ0v) is 13.4. The van der Waals surface area contributed by atoms with Gasteiger partial charge in [-0.1, -0.05) is 12.2 Å². The summed E-state index contributed by atoms with van der Waals surface area (Å²) in [5.41, 5.74) is 5.48. The van der Waals surface area contributed by atoms with Crippen molar-refractivity contribution in [3.05, 3.63) is 12.0 Å². The topological polar surface area (TPSA) is 81.2 Å². The van der Waals surface area contributed by atoms with Crippen LogP contribution >= 0.6 is 12.2 Å². The number of aromatic nitrogens is 2. The van der Waals surface area contributed by atoms with E-state index in [2.05, 4.69) is 4.98 Å². The summed E-state index contributed by atoms with van der Waals surface area (Å²) in [5.74, 6) is 0.705. The molecule has 2 rings (SSSR count). The molecule has 0 atom stereocenters. The zero-order valence-electron chi connectivity index (χ0n) is 11.7. The fourth-order valence-electron chi connectivity index (χ4n) is 2.13. The molecule has 1 fully saturated rings. The standard InChI is InChI=1S/C12H20N4O2S2/c1-3-15-8-12(14-9(15)2)20(17,18)16(10-4-5-10)7-6-11(13)19/h8,10H,3-7H2,1-2H3,(H2,13,19). The van der Waals surface area contributed by atoms with Crippen molar-refractivity contribution >= 4 is 27.2 Å². The first-order chi connectivity index (χ1) is 9.36. The van der Waals surface area contributed by atoms with Gasteiger partial charge < -0.3 is 10.3 Å². The molecule has 0 amide bonds. The second kappa shape index (κ2) is 5.79. The highest BCUT2D eigenvalue weighted by Crippen LogP contribution is 2.31. The van der Waals surface area contributed by atoms with Gasteiger partial charge in [0.15, 0.2) is 5.03 Å². The van der Waals surface area contributed by atoms with Crippen molar-refractivity contribution in [1.82, 2.24) is 13.9 Å². The summed E-state index contributed by atoms with van der Waals surface area (Å²) in [6, 6.07) is 0.0708. The molecule has 112 valence electrons. The van der Waals surface area contributed by atoms with E-state index in [1.165, 1.54) is 4.31 Å². The van der Waals surface area contributed by atoms with Gasteiger partial charge in [0.1, 0.15) is 5.82 Å². The molecule has 2 N–H and O–H groups in total. The van der Waals surface area contributed by atoms with Crippen LogP contribution in [0.25, 0.3) is 0 Å². The van der Waals surface area contributed by atoms with E-state index in [1.807, 2.05) is 11.5 Å². The number of thiocarbonyl (C=S) groups is 1. The quantitative estimate of drug-likeness (QED) is 0.760. The Kier molecular flexibility index (Phi) is 4.46. The van der Waals surface area contributed by atoms with Gasteiger partial charge in [0.05, 0.1) is 4.99 Å². The highest BCUT2D eigenvalue weighted by molar-refractivity contribution is 7.89. The van der Waals surface area contributed by atoms with Gasteiger partial charge in [-0.25, -0.2) is 13.4 Å². The van der Waals surface area contributed by atoms with E-state index in [4.69, 9.17) is 18.0 Å². The first-order valence-corrected chi connectivity index (χ1v) is 8.55. The van der Waals surface area contributed by atoms with Crippen LogP contribution in [0, 0.1) is 6.92 Å². The number of rotatable bonds is 7. The van der Waals surface area contributed by atoms with Crippen molar-refractivity contribution in [3.63, 3.8) is 0 Å². The van der Waals surface area contributed by atoms with Gasteiger partial charge in [0, 0.05) is 31.7 Å². The SMILES string of the molecule is CCn1cc(S(=O)(=O)N(CCC(N)=S)C2CC2)nc1C. The number of nitrogens with zero attached hydrogens (tertiary/aromatic N) is 3. The van der Waals surface area contributed by atoms with Gasteiger partial charge in [-0.3, -0.25) is 0 Å². The molecule has 0 unspecified atom stereocenters. The lowest BCUT2D eigenvalue weighted by Gasteiger charge is -2.20. The molecule has 0 spiro atoms. The lowest BCUT2D eigenvalue weighted by Crippen LogP contribution is -2.35. The summed E-state index contributed by atoms with van der Waals surface area (Å²) >= 11 is 4.84. The summed E-state index contributed by atoms with van der Waals surface area (Å²) in [6.07, 6.45) is 3.79. The van der Waals surface area contributed by atoms with E-state index in [0.717, 1.165) is 12.8 Å². The van der Waals surface area contributed by atoms with Crippen molar-refractivity contribution in [3.8, 4) is 0 Å². The third-order valence-corrected chi connectivity index (χ3v) is 5.43. The van der Waals surface area contributed by atoms with Gasteiger partial charge in [-0.2, -0.15) is 4.31 Å². The Bertz CT molecular complexity index is 605. The van der Waals surface area contributed by atoms with Crippen molar-refractivity contribution in [2.24, 2.45) is 5.73 Å². The number of sulfonamides is 1. The highest BCUT2D eigenvalue weighted by atomic mass is 32.2. The van der Waals surface area contributed by atoms with Gasteiger partial charge in [0.2, 0.25) is 0 Å². The molecule has 1 saturated carbocycles. The molecule has 1 aromatic rings. The molecule has 0 bridgehead atoms. The van der Waals surface area contributed by atoms with Gasteiger partial charge in [-0.15, -0.1) is 0 Å². The average Bonchev–Trinajstić information content (AvgIpc) is 3.11. The van der Waals surface area contributed by atoms with Crippen molar-refractivity contribution < 1.29 is 8.42 Å². The van der Waals surface area contributed by atoms with Crippen molar-refractivity contribution in [2.45, 2.75) is 50.7 Å². The van der Waals surface area contributed by atoms with Crippen LogP contribution in [0.5, 0.6) is 0 Å². The molecule has 1 aliphatic rings. The zero-order chi connectivity index (χ0) is 14.9. The first-order valence-electron chi connectivity index (χ1n) is 6.70. The van der Waals surface area contributed by atoms with Crippen LogP contribution in [0.3, 0.4) is 0 Å². The molecule has 20 heavy (non-hydrogen) atoms. The van der Waals surface area contributed by atoms with E-state index in [9.17, 15) is 8.42 Å². The van der Waals surface area contributed by atoms with Crippen LogP contribution in [-0.4, -0.2) is 39.8 Å². The third-order valence-electron chi connectivity index (χ3n) is 3.40. The van der Waals surface area contributed by atoms with Gasteiger partial charge in [0.25, 0.3) is 10.0 Å². The maximum absolute atomic E-state index is 12.7. The Hall–Kier alpha value is -0.990. The smallest absolute Gasteiger partial charge is 0.262 e. The molecule has 1 aliphatic carbocycles. The summed E-state index contributed by atoms with van der Waals surface area (Å²) in [4.78, 5) is 4.51. The Labute approximate surface area is 125 Å². The number of imidazole rings is 1. The van der Waals surface area contributed by atoms with E-state index in [1.54, 1.807) is 13.1 Å². The van der Waals surface area contributed by atoms with Gasteiger partial charge in [-0.05, 0) is 26.7 Å². The van der Waals surface area contributed by atoms with Crippen molar-refractivity contribution in [2.75, 3.05) is 6.54 Å². The van der Waals surface area contributed by atoms with E-state index >= 15 is 0 Å². The summed E-state index contributed by atoms with van der Waals surface area (Å²) in [5, 5.41) is 0.117. The maximum atomic E-state index is 12.7. The summed E-state index contributed by atoms with van der Waals surface area (Å²) in [6.45, 7) is 4.79. The number of hydrogen-bond acceptors (Lipinski definition) is 4. The number of nitrogens with two attached hydrogens (primary N) is 1. The molecule has 0 aromatic carbocycles. The summed E-state index contributed by atoms with van der Waals surface area (Å²) in [7, 11) is -3.56. The molecule has 1 heterocycles. The average molecular weight is 316 g/mol. The lowest BCUT2D eigenvalue weighted by molar-refractivity contribution is 0.411. The minimum absolute atomic E-state index is 0.0708. The Morgan fingerprint density at radius 1 is 1.60 bits per heavy atom. The molecule has 6 nitrogen and oxygen atoms in total. The van der Waals surface area contributed by atoms with E-state index < -0.39 is 10.0 Å². The van der Waals surface area contributed by atoms with Crippen LogP contribution in [0.1, 0.15) is 32.0 Å². The van der Waals surface area contributed by atoms with Crippen LogP contribution in [0.15, 0.2) is 11.2 Å². The largest absolute Gasteiger partial charge is 0.393 e. The molecule has 1 aromatic heterocycles. The fourth-order valence-corrected chi connectivity index (χ4v) is 3.90. The second-order valence-electron chi connectivity index (χ2n) is 4.98. The molecule has 0 saturated heterocycles. The van der Waals surface area contributed by atoms with Crippen LogP contribution in [-0.2, 0) is 16.6 Å². The number of aryl methyl sites for hydroxylation is 2. The Morgan fingerprint density at radius 3 is 2.70 bits per heavy atom. The Morgan fingerprint density at radius 2 is 2.25 bits per heavy atom. The number of hydrogen-bond donors (Lipinski definition) is 1. The molecular weight excluding hydrogens is 296 g/mol. The molecule has 0 radical (unpaired) electrons. The minimum Gasteiger partial charge on any atom is -0.393 e. The fraction of sp³-hybridized carbons (Fsp3) is 0.667. The first kappa shape index (κ1) is 15.4. The van der Waals surface area contributed by atoms with Crippen LogP contribution < -0.4 is 5.73 Å². The maximum Gasteiger partial charge on any atom is 0.262 e. The summed E-state index contributed by atoms with van der Waals surface area (Å²) < 4.78 is 28.7. The third kappa shape index (κ3) is 3.18. The second-order valence-corrected chi connectivity index (χ2v) is 7.34. The highest BCUT2D eigenvalue weighted by Gasteiger charge is 2.39. The molecule has 8 heteroatoms. The van der Waals surface area contributed by atoms with Crippen LogP contribution in [0.2, 0.25) is 0 Å². The predicted octanol–water partition coefficient (Wildman–Crippen LogP) is 1.04. The minimum atomic E-state index is -3.56. The Balaban J connectivity index is 2.27. The van der Waals surface area contributed by atoms with Gasteiger partial charge >= 0.3 is 0 Å². The van der Waals surface area contributed by atoms with E-state index in [0.29, 0.717) is 30.3 Å². The monoisotopic (exact) mass is 316 g/mol. The van der Waals surface area contributed by atoms with Crippen molar-refractivity contribution in [1.29, 1.82) is 0 Å². The normalized spacial score (nSPS) is 15.8. The lowest BCUT2D eigenvalue weighted by atomic mass is 10.4. The molecule has 0 aliphatic heterocycles. The van der Waals surface area contributed by atoms with Crippen LogP contribution in [0.4, 0.5) is 0 Å². The predicted molar refractivity (Wildman–Crippen MR) is 81.0 cm³/mol. The molecular formula is C12H20N4O2S2.